The van der Waals surface area contributed by atoms with Gasteiger partial charge in [-0.05, 0) is 12.3 Å². The summed E-state index contributed by atoms with van der Waals surface area (Å²) in [5.74, 6) is 0.390. The smallest absolute Gasteiger partial charge is 0.0668 e. The molecule has 13 heavy (non-hydrogen) atoms. The first-order valence-electron chi connectivity index (χ1n) is 4.58. The highest BCUT2D eigenvalue weighted by Crippen LogP contribution is 2.57. The van der Waals surface area contributed by atoms with Crippen molar-refractivity contribution in [1.82, 2.24) is 9.97 Å². The van der Waals surface area contributed by atoms with Gasteiger partial charge in [0.15, 0.2) is 0 Å². The molecule has 0 spiro atoms. The standard InChI is InChI=1S/C10H15N3/c1-6-8(13-5-4-12-6)7-9(11)10(7,2)3/h4-5,7,9H,11H2,1-3H3/t7-,9-/m0/s1. The van der Waals surface area contributed by atoms with Crippen LogP contribution in [0.4, 0.5) is 0 Å². The third-order valence-corrected chi connectivity index (χ3v) is 3.12. The van der Waals surface area contributed by atoms with Crippen LogP contribution in [0.3, 0.4) is 0 Å². The van der Waals surface area contributed by atoms with Crippen LogP contribution >= 0.6 is 0 Å². The SMILES string of the molecule is Cc1nccnc1[C@H]1[C@H](N)C1(C)C. The van der Waals surface area contributed by atoms with E-state index in [1.807, 2.05) is 6.92 Å². The lowest BCUT2D eigenvalue weighted by molar-refractivity contribution is 0.593. The van der Waals surface area contributed by atoms with Gasteiger partial charge in [0.05, 0.1) is 11.4 Å². The van der Waals surface area contributed by atoms with Crippen molar-refractivity contribution in [3.05, 3.63) is 23.8 Å². The lowest BCUT2D eigenvalue weighted by Crippen LogP contribution is -2.07. The Morgan fingerprint density at radius 2 is 1.85 bits per heavy atom. The number of nitrogens with zero attached hydrogens (tertiary/aromatic N) is 2. The molecule has 2 rings (SSSR count). The van der Waals surface area contributed by atoms with E-state index in [0.29, 0.717) is 5.92 Å². The van der Waals surface area contributed by atoms with Gasteiger partial charge in [0.2, 0.25) is 0 Å². The normalized spacial score (nSPS) is 30.2. The summed E-state index contributed by atoms with van der Waals surface area (Å²) in [6.07, 6.45) is 3.46. The molecule has 3 heteroatoms. The van der Waals surface area contributed by atoms with Crippen LogP contribution in [0.2, 0.25) is 0 Å². The Kier molecular flexibility index (Phi) is 1.67. The predicted molar refractivity (Wildman–Crippen MR) is 51.3 cm³/mol. The molecule has 1 aliphatic carbocycles. The fraction of sp³-hybridized carbons (Fsp3) is 0.600. The lowest BCUT2D eigenvalue weighted by atomic mass is 10.1. The molecule has 0 amide bonds. The average molecular weight is 177 g/mol. The molecule has 0 aliphatic heterocycles. The Hall–Kier alpha value is -0.960. The Balaban J connectivity index is 2.34. The maximum atomic E-state index is 5.98. The summed E-state index contributed by atoms with van der Waals surface area (Å²) in [6.45, 7) is 6.34. The van der Waals surface area contributed by atoms with E-state index in [4.69, 9.17) is 5.73 Å². The van der Waals surface area contributed by atoms with Crippen molar-refractivity contribution in [3.63, 3.8) is 0 Å². The largest absolute Gasteiger partial charge is 0.327 e. The fourth-order valence-electron chi connectivity index (χ4n) is 1.92. The molecular weight excluding hydrogens is 162 g/mol. The van der Waals surface area contributed by atoms with Crippen LogP contribution in [0, 0.1) is 12.3 Å². The van der Waals surface area contributed by atoms with Crippen molar-refractivity contribution < 1.29 is 0 Å². The topological polar surface area (TPSA) is 51.8 Å². The molecule has 1 aromatic heterocycles. The zero-order valence-corrected chi connectivity index (χ0v) is 8.28. The van der Waals surface area contributed by atoms with Crippen molar-refractivity contribution in [1.29, 1.82) is 0 Å². The van der Waals surface area contributed by atoms with Crippen LogP contribution in [-0.2, 0) is 0 Å². The molecule has 1 aliphatic rings. The Bertz CT molecular complexity index is 333. The van der Waals surface area contributed by atoms with Gasteiger partial charge in [-0.15, -0.1) is 0 Å². The minimum atomic E-state index is 0.195. The summed E-state index contributed by atoms with van der Waals surface area (Å²) in [6, 6.07) is 0.239. The average Bonchev–Trinajstić information content (AvgIpc) is 2.54. The molecule has 70 valence electrons. The van der Waals surface area contributed by atoms with Gasteiger partial charge in [-0.25, -0.2) is 0 Å². The Labute approximate surface area is 78.4 Å². The zero-order chi connectivity index (χ0) is 9.64. The molecule has 0 aromatic carbocycles. The van der Waals surface area contributed by atoms with Gasteiger partial charge in [-0.3, -0.25) is 9.97 Å². The predicted octanol–water partition coefficient (Wildman–Crippen LogP) is 1.24. The lowest BCUT2D eigenvalue weighted by Gasteiger charge is -2.03. The minimum Gasteiger partial charge on any atom is -0.327 e. The van der Waals surface area contributed by atoms with Gasteiger partial charge in [0.25, 0.3) is 0 Å². The van der Waals surface area contributed by atoms with Gasteiger partial charge < -0.3 is 5.73 Å². The van der Waals surface area contributed by atoms with E-state index in [1.165, 1.54) is 0 Å². The second kappa shape index (κ2) is 2.51. The highest BCUT2D eigenvalue weighted by molar-refractivity contribution is 5.31. The summed E-state index contributed by atoms with van der Waals surface area (Å²) < 4.78 is 0. The van der Waals surface area contributed by atoms with Gasteiger partial charge >= 0.3 is 0 Å². The van der Waals surface area contributed by atoms with Crippen LogP contribution in [0.5, 0.6) is 0 Å². The van der Waals surface area contributed by atoms with Gasteiger partial charge in [0.1, 0.15) is 0 Å². The summed E-state index contributed by atoms with van der Waals surface area (Å²) in [7, 11) is 0. The molecule has 1 fully saturated rings. The van der Waals surface area contributed by atoms with E-state index in [2.05, 4.69) is 23.8 Å². The zero-order valence-electron chi connectivity index (χ0n) is 8.28. The first-order chi connectivity index (χ1) is 6.05. The van der Waals surface area contributed by atoms with E-state index < -0.39 is 0 Å². The van der Waals surface area contributed by atoms with Crippen LogP contribution in [0.15, 0.2) is 12.4 Å². The molecule has 0 saturated heterocycles. The highest BCUT2D eigenvalue weighted by atomic mass is 14.9. The minimum absolute atomic E-state index is 0.195. The molecule has 2 N–H and O–H groups in total. The van der Waals surface area contributed by atoms with Crippen LogP contribution in [-0.4, -0.2) is 16.0 Å². The van der Waals surface area contributed by atoms with E-state index in [0.717, 1.165) is 11.4 Å². The van der Waals surface area contributed by atoms with Gasteiger partial charge in [-0.1, -0.05) is 13.8 Å². The first-order valence-corrected chi connectivity index (χ1v) is 4.58. The maximum Gasteiger partial charge on any atom is 0.0668 e. The van der Waals surface area contributed by atoms with E-state index in [1.54, 1.807) is 12.4 Å². The van der Waals surface area contributed by atoms with Gasteiger partial charge in [0, 0.05) is 24.4 Å². The van der Waals surface area contributed by atoms with E-state index >= 15 is 0 Å². The number of hydrogen-bond acceptors (Lipinski definition) is 3. The maximum absolute atomic E-state index is 5.98. The summed E-state index contributed by atoms with van der Waals surface area (Å²) in [4.78, 5) is 8.57. The molecule has 0 unspecified atom stereocenters. The second-order valence-corrected chi connectivity index (χ2v) is 4.35. The summed E-state index contributed by atoms with van der Waals surface area (Å²) in [5, 5.41) is 0. The monoisotopic (exact) mass is 177 g/mol. The van der Waals surface area contributed by atoms with Crippen molar-refractivity contribution in [2.45, 2.75) is 32.7 Å². The highest BCUT2D eigenvalue weighted by Gasteiger charge is 2.57. The number of hydrogen-bond donors (Lipinski definition) is 1. The third-order valence-electron chi connectivity index (χ3n) is 3.12. The first kappa shape index (κ1) is 8.63. The number of rotatable bonds is 1. The fourth-order valence-corrected chi connectivity index (χ4v) is 1.92. The number of aromatic nitrogens is 2. The van der Waals surface area contributed by atoms with Crippen molar-refractivity contribution >= 4 is 0 Å². The summed E-state index contributed by atoms with van der Waals surface area (Å²) in [5.41, 5.74) is 8.25. The second-order valence-electron chi connectivity index (χ2n) is 4.35. The van der Waals surface area contributed by atoms with Crippen LogP contribution in [0.25, 0.3) is 0 Å². The van der Waals surface area contributed by atoms with E-state index in [-0.39, 0.29) is 11.5 Å². The van der Waals surface area contributed by atoms with Crippen molar-refractivity contribution in [2.75, 3.05) is 0 Å². The van der Waals surface area contributed by atoms with Crippen molar-refractivity contribution in [3.8, 4) is 0 Å². The molecule has 1 heterocycles. The van der Waals surface area contributed by atoms with Crippen LogP contribution in [0.1, 0.15) is 31.2 Å². The Morgan fingerprint density at radius 1 is 1.31 bits per heavy atom. The third kappa shape index (κ3) is 1.15. The van der Waals surface area contributed by atoms with Crippen molar-refractivity contribution in [2.24, 2.45) is 11.1 Å². The molecule has 0 bridgehead atoms. The van der Waals surface area contributed by atoms with E-state index in [9.17, 15) is 0 Å². The molecule has 1 aromatic rings. The number of aryl methyl sites for hydroxylation is 1. The molecule has 2 atom stereocenters. The van der Waals surface area contributed by atoms with Gasteiger partial charge in [-0.2, -0.15) is 0 Å². The molecule has 3 nitrogen and oxygen atoms in total. The molecular formula is C10H15N3. The molecule has 0 radical (unpaired) electrons. The molecule has 1 saturated carbocycles. The van der Waals surface area contributed by atoms with Crippen LogP contribution < -0.4 is 5.73 Å². The summed E-state index contributed by atoms with van der Waals surface area (Å²) >= 11 is 0. The Morgan fingerprint density at radius 3 is 2.31 bits per heavy atom. The number of nitrogens with two attached hydrogens (primary N) is 1. The quantitative estimate of drug-likeness (QED) is 0.702.